The molecule has 0 saturated carbocycles. The van der Waals surface area contributed by atoms with Gasteiger partial charge in [-0.25, -0.2) is 14.5 Å². The van der Waals surface area contributed by atoms with Crippen LogP contribution in [0.2, 0.25) is 0 Å². The molecule has 106 valence electrons. The predicted molar refractivity (Wildman–Crippen MR) is 80.0 cm³/mol. The Balaban J connectivity index is 2.34. The molecule has 0 saturated heterocycles. The van der Waals surface area contributed by atoms with Crippen LogP contribution in [0.1, 0.15) is 27.3 Å². The van der Waals surface area contributed by atoms with Gasteiger partial charge in [-0.2, -0.15) is 5.10 Å². The third kappa shape index (κ3) is 2.07. The third-order valence-corrected chi connectivity index (χ3v) is 3.61. The molecule has 5 nitrogen and oxygen atoms in total. The monoisotopic (exact) mass is 281 g/mol. The average molecular weight is 281 g/mol. The summed E-state index contributed by atoms with van der Waals surface area (Å²) >= 11 is 0. The van der Waals surface area contributed by atoms with Crippen LogP contribution in [0.4, 0.5) is 0 Å². The van der Waals surface area contributed by atoms with Gasteiger partial charge in [-0.15, -0.1) is 0 Å². The summed E-state index contributed by atoms with van der Waals surface area (Å²) in [5, 5.41) is 14.5. The Bertz CT molecular complexity index is 865. The zero-order chi connectivity index (χ0) is 15.1. The zero-order valence-corrected chi connectivity index (χ0v) is 12.1. The Hall–Kier alpha value is -2.69. The molecular formula is C16H15N3O2. The fourth-order valence-corrected chi connectivity index (χ4v) is 2.46. The number of aryl methyl sites for hydroxylation is 3. The van der Waals surface area contributed by atoms with E-state index in [9.17, 15) is 9.90 Å². The number of benzene rings is 1. The third-order valence-electron chi connectivity index (χ3n) is 3.61. The lowest BCUT2D eigenvalue weighted by Crippen LogP contribution is -2.04. The SMILES string of the molecule is Cc1ccccc1-n1nc(C)c2cc(C(=O)O)c(C)nc21. The van der Waals surface area contributed by atoms with Gasteiger partial charge in [0, 0.05) is 5.39 Å². The molecule has 5 heteroatoms. The molecule has 0 amide bonds. The first kappa shape index (κ1) is 13.3. The average Bonchev–Trinajstić information content (AvgIpc) is 2.74. The van der Waals surface area contributed by atoms with Crippen molar-refractivity contribution in [3.05, 3.63) is 52.8 Å². The van der Waals surface area contributed by atoms with Gasteiger partial charge >= 0.3 is 5.97 Å². The first-order valence-electron chi connectivity index (χ1n) is 6.65. The maximum Gasteiger partial charge on any atom is 0.337 e. The number of carboxylic acid groups (broad SMARTS) is 1. The summed E-state index contributed by atoms with van der Waals surface area (Å²) < 4.78 is 1.78. The second-order valence-electron chi connectivity index (χ2n) is 5.08. The second-order valence-corrected chi connectivity index (χ2v) is 5.08. The minimum Gasteiger partial charge on any atom is -0.478 e. The molecule has 0 aliphatic carbocycles. The molecule has 0 aliphatic rings. The van der Waals surface area contributed by atoms with Gasteiger partial charge in [-0.1, -0.05) is 18.2 Å². The maximum atomic E-state index is 11.2. The Morgan fingerprint density at radius 3 is 2.52 bits per heavy atom. The first-order chi connectivity index (χ1) is 9.99. The number of carbonyl (C=O) groups is 1. The molecule has 0 spiro atoms. The summed E-state index contributed by atoms with van der Waals surface area (Å²) in [6.07, 6.45) is 0. The number of hydrogen-bond donors (Lipinski definition) is 1. The number of para-hydroxylation sites is 1. The van der Waals surface area contributed by atoms with E-state index in [1.807, 2.05) is 38.1 Å². The van der Waals surface area contributed by atoms with Crippen molar-refractivity contribution >= 4 is 17.0 Å². The lowest BCUT2D eigenvalue weighted by atomic mass is 10.1. The zero-order valence-electron chi connectivity index (χ0n) is 12.1. The van der Waals surface area contributed by atoms with Crippen LogP contribution in [0.25, 0.3) is 16.7 Å². The highest BCUT2D eigenvalue weighted by atomic mass is 16.4. The van der Waals surface area contributed by atoms with Crippen LogP contribution in [-0.4, -0.2) is 25.8 Å². The van der Waals surface area contributed by atoms with Gasteiger partial charge in [0.1, 0.15) is 0 Å². The maximum absolute atomic E-state index is 11.2. The van der Waals surface area contributed by atoms with E-state index < -0.39 is 5.97 Å². The predicted octanol–water partition coefficient (Wildman–Crippen LogP) is 3.04. The minimum absolute atomic E-state index is 0.218. The van der Waals surface area contributed by atoms with Crippen molar-refractivity contribution in [3.8, 4) is 5.69 Å². The van der Waals surface area contributed by atoms with E-state index in [4.69, 9.17) is 0 Å². The molecule has 2 aromatic heterocycles. The first-order valence-corrected chi connectivity index (χ1v) is 6.65. The molecular weight excluding hydrogens is 266 g/mol. The van der Waals surface area contributed by atoms with Gasteiger partial charge in [-0.05, 0) is 38.5 Å². The quantitative estimate of drug-likeness (QED) is 0.784. The lowest BCUT2D eigenvalue weighted by molar-refractivity contribution is 0.0696. The summed E-state index contributed by atoms with van der Waals surface area (Å²) in [4.78, 5) is 15.7. The Morgan fingerprint density at radius 2 is 1.86 bits per heavy atom. The molecule has 2 heterocycles. The van der Waals surface area contributed by atoms with Gasteiger partial charge in [0.2, 0.25) is 0 Å². The number of hydrogen-bond acceptors (Lipinski definition) is 3. The van der Waals surface area contributed by atoms with Crippen molar-refractivity contribution in [3.63, 3.8) is 0 Å². The fourth-order valence-electron chi connectivity index (χ4n) is 2.46. The molecule has 0 fully saturated rings. The van der Waals surface area contributed by atoms with Crippen molar-refractivity contribution in [2.45, 2.75) is 20.8 Å². The van der Waals surface area contributed by atoms with E-state index in [1.165, 1.54) is 0 Å². The van der Waals surface area contributed by atoms with Gasteiger partial charge in [0.15, 0.2) is 5.65 Å². The summed E-state index contributed by atoms with van der Waals surface area (Å²) in [6, 6.07) is 9.55. The highest BCUT2D eigenvalue weighted by molar-refractivity contribution is 5.94. The summed E-state index contributed by atoms with van der Waals surface area (Å²) in [7, 11) is 0. The largest absolute Gasteiger partial charge is 0.478 e. The standard InChI is InChI=1S/C16H15N3O2/c1-9-6-4-5-7-14(9)19-15-12(11(3)18-19)8-13(16(20)21)10(2)17-15/h4-8H,1-3H3,(H,20,21). The van der Waals surface area contributed by atoms with Crippen molar-refractivity contribution < 1.29 is 9.90 Å². The molecule has 1 N–H and O–H groups in total. The van der Waals surface area contributed by atoms with Gasteiger partial charge in [0.25, 0.3) is 0 Å². The smallest absolute Gasteiger partial charge is 0.337 e. The minimum atomic E-state index is -0.968. The second kappa shape index (κ2) is 4.70. The summed E-state index contributed by atoms with van der Waals surface area (Å²) in [5.41, 5.74) is 4.20. The van der Waals surface area contributed by atoms with Crippen LogP contribution in [0.3, 0.4) is 0 Å². The number of pyridine rings is 1. The van der Waals surface area contributed by atoms with E-state index in [0.717, 1.165) is 22.3 Å². The lowest BCUT2D eigenvalue weighted by Gasteiger charge is -2.07. The van der Waals surface area contributed by atoms with Crippen LogP contribution in [0.15, 0.2) is 30.3 Å². The Labute approximate surface area is 121 Å². The number of rotatable bonds is 2. The molecule has 0 radical (unpaired) electrons. The van der Waals surface area contributed by atoms with E-state index >= 15 is 0 Å². The highest BCUT2D eigenvalue weighted by Crippen LogP contribution is 2.24. The molecule has 0 aliphatic heterocycles. The number of fused-ring (bicyclic) bond motifs is 1. The van der Waals surface area contributed by atoms with Crippen molar-refractivity contribution in [1.82, 2.24) is 14.8 Å². The number of aromatic nitrogens is 3. The molecule has 0 unspecified atom stereocenters. The van der Waals surface area contributed by atoms with Gasteiger partial charge in [0.05, 0.1) is 22.6 Å². The normalized spacial score (nSPS) is 11.0. The van der Waals surface area contributed by atoms with Crippen LogP contribution in [0.5, 0.6) is 0 Å². The molecule has 0 bridgehead atoms. The Morgan fingerprint density at radius 1 is 1.14 bits per heavy atom. The summed E-state index contributed by atoms with van der Waals surface area (Å²) in [6.45, 7) is 5.57. The van der Waals surface area contributed by atoms with Crippen LogP contribution in [0, 0.1) is 20.8 Å². The van der Waals surface area contributed by atoms with Crippen molar-refractivity contribution in [1.29, 1.82) is 0 Å². The van der Waals surface area contributed by atoms with E-state index in [2.05, 4.69) is 10.1 Å². The fraction of sp³-hybridized carbons (Fsp3) is 0.188. The molecule has 1 aromatic carbocycles. The van der Waals surface area contributed by atoms with Gasteiger partial charge in [-0.3, -0.25) is 0 Å². The van der Waals surface area contributed by atoms with Gasteiger partial charge < -0.3 is 5.11 Å². The highest BCUT2D eigenvalue weighted by Gasteiger charge is 2.16. The molecule has 0 atom stereocenters. The molecule has 3 rings (SSSR count). The van der Waals surface area contributed by atoms with Crippen molar-refractivity contribution in [2.75, 3.05) is 0 Å². The van der Waals surface area contributed by atoms with Crippen LogP contribution >= 0.6 is 0 Å². The number of nitrogens with zero attached hydrogens (tertiary/aromatic N) is 3. The molecule has 21 heavy (non-hydrogen) atoms. The molecule has 3 aromatic rings. The summed E-state index contributed by atoms with van der Waals surface area (Å²) in [5.74, 6) is -0.968. The van der Waals surface area contributed by atoms with Crippen LogP contribution < -0.4 is 0 Å². The Kier molecular flexibility index (Phi) is 2.97. The van der Waals surface area contributed by atoms with Crippen LogP contribution in [-0.2, 0) is 0 Å². The topological polar surface area (TPSA) is 68.0 Å². The van der Waals surface area contributed by atoms with E-state index in [1.54, 1.807) is 17.7 Å². The number of aromatic carboxylic acids is 1. The number of carboxylic acids is 1. The van der Waals surface area contributed by atoms with E-state index in [0.29, 0.717) is 11.3 Å². The van der Waals surface area contributed by atoms with Crippen molar-refractivity contribution in [2.24, 2.45) is 0 Å². The van der Waals surface area contributed by atoms with E-state index in [-0.39, 0.29) is 5.56 Å².